The molecule has 0 aliphatic carbocycles. The molecule has 0 aliphatic rings. The van der Waals surface area contributed by atoms with Gasteiger partial charge in [-0.05, 0) is 24.5 Å². The Morgan fingerprint density at radius 1 is 1.27 bits per heavy atom. The van der Waals surface area contributed by atoms with Crippen molar-refractivity contribution in [2.24, 2.45) is 5.92 Å². The van der Waals surface area contributed by atoms with E-state index in [1.165, 1.54) is 12.1 Å². The molecule has 0 aromatic heterocycles. The van der Waals surface area contributed by atoms with E-state index < -0.39 is 41.5 Å². The SMILES string of the molecule is CC(C)CCNC(=O)COC(=O)CNC(=O)c1ccc(Cl)c([N+](=O)[O-])c1. The number of hydrogen-bond donors (Lipinski definition) is 2. The van der Waals surface area contributed by atoms with E-state index in [0.717, 1.165) is 12.5 Å². The molecular weight excluding hydrogens is 366 g/mol. The molecule has 0 aliphatic heterocycles. The lowest BCUT2D eigenvalue weighted by Gasteiger charge is -2.08. The average molecular weight is 386 g/mol. The fraction of sp³-hybridized carbons (Fsp3) is 0.438. The number of benzene rings is 1. The first-order valence-corrected chi connectivity index (χ1v) is 8.23. The molecule has 2 N–H and O–H groups in total. The third-order valence-corrected chi connectivity index (χ3v) is 3.53. The molecule has 142 valence electrons. The Kier molecular flexibility index (Phi) is 8.50. The van der Waals surface area contributed by atoms with Crippen molar-refractivity contribution in [3.05, 3.63) is 38.9 Å². The Hall–Kier alpha value is -2.68. The summed E-state index contributed by atoms with van der Waals surface area (Å²) in [4.78, 5) is 45.0. The smallest absolute Gasteiger partial charge is 0.325 e. The second-order valence-electron chi connectivity index (χ2n) is 5.80. The molecule has 2 amide bonds. The summed E-state index contributed by atoms with van der Waals surface area (Å²) in [6.45, 7) is 3.60. The third-order valence-electron chi connectivity index (χ3n) is 3.21. The topological polar surface area (TPSA) is 128 Å². The molecule has 9 nitrogen and oxygen atoms in total. The zero-order valence-electron chi connectivity index (χ0n) is 14.4. The van der Waals surface area contributed by atoms with Gasteiger partial charge in [0.05, 0.1) is 4.92 Å². The second-order valence-corrected chi connectivity index (χ2v) is 6.21. The van der Waals surface area contributed by atoms with Crippen molar-refractivity contribution in [2.45, 2.75) is 20.3 Å². The lowest BCUT2D eigenvalue weighted by Crippen LogP contribution is -2.34. The number of carbonyl (C=O) groups is 3. The van der Waals surface area contributed by atoms with Gasteiger partial charge in [-0.15, -0.1) is 0 Å². The number of hydrogen-bond acceptors (Lipinski definition) is 6. The molecule has 0 saturated heterocycles. The van der Waals surface area contributed by atoms with Crippen LogP contribution in [0.4, 0.5) is 5.69 Å². The number of nitro groups is 1. The highest BCUT2D eigenvalue weighted by Gasteiger charge is 2.17. The van der Waals surface area contributed by atoms with Crippen LogP contribution >= 0.6 is 11.6 Å². The quantitative estimate of drug-likeness (QED) is 0.378. The van der Waals surface area contributed by atoms with E-state index in [1.807, 2.05) is 13.8 Å². The number of halogens is 1. The Labute approximate surface area is 155 Å². The van der Waals surface area contributed by atoms with Gasteiger partial charge >= 0.3 is 5.97 Å². The normalized spacial score (nSPS) is 10.3. The zero-order valence-corrected chi connectivity index (χ0v) is 15.2. The number of nitrogens with zero attached hydrogens (tertiary/aromatic N) is 1. The lowest BCUT2D eigenvalue weighted by molar-refractivity contribution is -0.384. The standard InChI is InChI=1S/C16H20ClN3O6/c1-10(2)5-6-18-14(21)9-26-15(22)8-19-16(23)11-3-4-12(17)13(7-11)20(24)25/h3-4,7,10H,5-6,8-9H2,1-2H3,(H,18,21)(H,19,23). The van der Waals surface area contributed by atoms with Crippen LogP contribution in [-0.4, -0.2) is 42.4 Å². The number of amides is 2. The minimum atomic E-state index is -0.805. The van der Waals surface area contributed by atoms with Crippen LogP contribution in [0.3, 0.4) is 0 Å². The summed E-state index contributed by atoms with van der Waals surface area (Å²) >= 11 is 5.66. The van der Waals surface area contributed by atoms with E-state index in [2.05, 4.69) is 10.6 Å². The number of nitrogens with one attached hydrogen (secondary N) is 2. The fourth-order valence-electron chi connectivity index (χ4n) is 1.80. The van der Waals surface area contributed by atoms with E-state index in [0.29, 0.717) is 12.5 Å². The molecule has 0 heterocycles. The van der Waals surface area contributed by atoms with E-state index in [-0.39, 0.29) is 10.6 Å². The van der Waals surface area contributed by atoms with Crippen LogP contribution in [0.25, 0.3) is 0 Å². The van der Waals surface area contributed by atoms with Gasteiger partial charge in [0, 0.05) is 18.2 Å². The molecular formula is C16H20ClN3O6. The predicted molar refractivity (Wildman–Crippen MR) is 93.9 cm³/mol. The molecule has 0 saturated carbocycles. The summed E-state index contributed by atoms with van der Waals surface area (Å²) in [5.74, 6) is -1.50. The van der Waals surface area contributed by atoms with Crippen LogP contribution in [0.15, 0.2) is 18.2 Å². The largest absolute Gasteiger partial charge is 0.454 e. The van der Waals surface area contributed by atoms with Crippen molar-refractivity contribution in [3.63, 3.8) is 0 Å². The van der Waals surface area contributed by atoms with Crippen molar-refractivity contribution in [3.8, 4) is 0 Å². The number of carbonyl (C=O) groups excluding carboxylic acids is 3. The van der Waals surface area contributed by atoms with E-state index in [4.69, 9.17) is 16.3 Å². The summed E-state index contributed by atoms with van der Waals surface area (Å²) in [6.07, 6.45) is 0.809. The highest BCUT2D eigenvalue weighted by Crippen LogP contribution is 2.24. The van der Waals surface area contributed by atoms with Gasteiger partial charge in [0.2, 0.25) is 0 Å². The molecule has 0 atom stereocenters. The van der Waals surface area contributed by atoms with Crippen molar-refractivity contribution in [2.75, 3.05) is 19.7 Å². The summed E-state index contributed by atoms with van der Waals surface area (Å²) in [6, 6.07) is 3.51. The van der Waals surface area contributed by atoms with Crippen LogP contribution < -0.4 is 10.6 Å². The first-order valence-electron chi connectivity index (χ1n) is 7.85. The van der Waals surface area contributed by atoms with E-state index in [9.17, 15) is 24.5 Å². The first-order chi connectivity index (χ1) is 12.2. The van der Waals surface area contributed by atoms with Gasteiger partial charge in [0.15, 0.2) is 6.61 Å². The van der Waals surface area contributed by atoms with Gasteiger partial charge < -0.3 is 15.4 Å². The van der Waals surface area contributed by atoms with Crippen molar-refractivity contribution in [1.29, 1.82) is 0 Å². The van der Waals surface area contributed by atoms with Crippen LogP contribution in [-0.2, 0) is 14.3 Å². The van der Waals surface area contributed by atoms with E-state index in [1.54, 1.807) is 0 Å². The maximum absolute atomic E-state index is 11.9. The number of ether oxygens (including phenoxy) is 1. The van der Waals surface area contributed by atoms with Crippen molar-refractivity contribution in [1.82, 2.24) is 10.6 Å². The highest BCUT2D eigenvalue weighted by atomic mass is 35.5. The second kappa shape index (κ2) is 10.3. The van der Waals surface area contributed by atoms with Crippen LogP contribution in [0.5, 0.6) is 0 Å². The van der Waals surface area contributed by atoms with Crippen molar-refractivity contribution >= 4 is 35.1 Å². The van der Waals surface area contributed by atoms with Crippen molar-refractivity contribution < 1.29 is 24.0 Å². The lowest BCUT2D eigenvalue weighted by atomic mass is 10.1. The van der Waals surface area contributed by atoms with E-state index >= 15 is 0 Å². The molecule has 0 unspecified atom stereocenters. The predicted octanol–water partition coefficient (Wildman–Crippen LogP) is 1.68. The van der Waals surface area contributed by atoms with Gasteiger partial charge in [0.25, 0.3) is 17.5 Å². The average Bonchev–Trinajstić information content (AvgIpc) is 2.57. The van der Waals surface area contributed by atoms with Gasteiger partial charge in [0.1, 0.15) is 11.6 Å². The number of nitro benzene ring substituents is 1. The highest BCUT2D eigenvalue weighted by molar-refractivity contribution is 6.32. The van der Waals surface area contributed by atoms with Crippen LogP contribution in [0.1, 0.15) is 30.6 Å². The Morgan fingerprint density at radius 2 is 1.96 bits per heavy atom. The summed E-state index contributed by atoms with van der Waals surface area (Å²) in [7, 11) is 0. The Balaban J connectivity index is 2.40. The Morgan fingerprint density at radius 3 is 2.58 bits per heavy atom. The fourth-order valence-corrected chi connectivity index (χ4v) is 1.98. The monoisotopic (exact) mass is 385 g/mol. The molecule has 1 rings (SSSR count). The number of rotatable bonds is 9. The van der Waals surface area contributed by atoms with Gasteiger partial charge in [-0.3, -0.25) is 24.5 Å². The minimum absolute atomic E-state index is 0.0275. The Bertz CT molecular complexity index is 693. The molecule has 0 bridgehead atoms. The molecule has 10 heteroatoms. The van der Waals surface area contributed by atoms with Gasteiger partial charge in [-0.2, -0.15) is 0 Å². The molecule has 26 heavy (non-hydrogen) atoms. The van der Waals surface area contributed by atoms with Crippen LogP contribution in [0.2, 0.25) is 5.02 Å². The maximum atomic E-state index is 11.9. The third kappa shape index (κ3) is 7.47. The zero-order chi connectivity index (χ0) is 19.7. The number of esters is 1. The first kappa shape index (κ1) is 21.4. The molecule has 0 fully saturated rings. The maximum Gasteiger partial charge on any atom is 0.325 e. The summed E-state index contributed by atoms with van der Waals surface area (Å²) in [5, 5.41) is 15.6. The molecule has 1 aromatic rings. The van der Waals surface area contributed by atoms with Gasteiger partial charge in [-0.1, -0.05) is 25.4 Å². The summed E-state index contributed by atoms with van der Waals surface area (Å²) in [5.41, 5.74) is -0.444. The molecule has 0 radical (unpaired) electrons. The molecule has 1 aromatic carbocycles. The molecule has 0 spiro atoms. The summed E-state index contributed by atoms with van der Waals surface area (Å²) < 4.78 is 4.73. The van der Waals surface area contributed by atoms with Gasteiger partial charge in [-0.25, -0.2) is 0 Å². The minimum Gasteiger partial charge on any atom is -0.454 e. The van der Waals surface area contributed by atoms with Crippen LogP contribution in [0, 0.1) is 16.0 Å².